The third-order valence-electron chi connectivity index (χ3n) is 2.53. The van der Waals surface area contributed by atoms with E-state index in [9.17, 15) is 0 Å². The topological polar surface area (TPSA) is 39.7 Å². The monoisotopic (exact) mass is 203 g/mol. The Hall–Kier alpha value is -0.160. The Morgan fingerprint density at radius 3 is 2.71 bits per heavy atom. The Bertz CT molecular complexity index is 133. The van der Waals surface area contributed by atoms with Crippen LogP contribution < -0.4 is 5.32 Å². The van der Waals surface area contributed by atoms with Crippen molar-refractivity contribution in [3.05, 3.63) is 0 Å². The zero-order chi connectivity index (χ0) is 10.2. The van der Waals surface area contributed by atoms with Gasteiger partial charge >= 0.3 is 0 Å². The van der Waals surface area contributed by atoms with E-state index in [4.69, 9.17) is 14.2 Å². The Labute approximate surface area is 85.9 Å². The maximum absolute atomic E-state index is 5.53. The van der Waals surface area contributed by atoms with Crippen molar-refractivity contribution in [3.63, 3.8) is 0 Å². The van der Waals surface area contributed by atoms with E-state index in [1.54, 1.807) is 14.2 Å². The lowest BCUT2D eigenvalue weighted by Crippen LogP contribution is -2.33. The van der Waals surface area contributed by atoms with E-state index >= 15 is 0 Å². The van der Waals surface area contributed by atoms with Crippen LogP contribution in [0.15, 0.2) is 0 Å². The Balaban J connectivity index is 2.01. The third-order valence-corrected chi connectivity index (χ3v) is 2.53. The molecule has 1 fully saturated rings. The third kappa shape index (κ3) is 4.37. The number of hydrogen-bond acceptors (Lipinski definition) is 4. The Kier molecular flexibility index (Phi) is 6.10. The second-order valence-corrected chi connectivity index (χ2v) is 3.65. The molecule has 1 N–H and O–H groups in total. The van der Waals surface area contributed by atoms with Gasteiger partial charge in [-0.3, -0.25) is 0 Å². The van der Waals surface area contributed by atoms with Crippen LogP contribution in [-0.4, -0.2) is 46.8 Å². The van der Waals surface area contributed by atoms with Crippen molar-refractivity contribution in [3.8, 4) is 0 Å². The standard InChI is InChI=1S/C10H21NO3/c1-12-10(13-2)8-14-7-9-4-3-5-11-6-9/h9-11H,3-8H2,1-2H3. The van der Waals surface area contributed by atoms with Gasteiger partial charge in [-0.2, -0.15) is 0 Å². The first-order valence-electron chi connectivity index (χ1n) is 5.21. The van der Waals surface area contributed by atoms with E-state index in [0.717, 1.165) is 19.7 Å². The number of rotatable bonds is 6. The van der Waals surface area contributed by atoms with Crippen LogP contribution in [0.4, 0.5) is 0 Å². The van der Waals surface area contributed by atoms with Crippen molar-refractivity contribution >= 4 is 0 Å². The molecule has 4 heteroatoms. The first-order valence-corrected chi connectivity index (χ1v) is 5.21. The normalized spacial score (nSPS) is 22.9. The number of piperidine rings is 1. The molecule has 1 unspecified atom stereocenters. The molecule has 4 nitrogen and oxygen atoms in total. The molecule has 84 valence electrons. The minimum atomic E-state index is -0.230. The molecule has 14 heavy (non-hydrogen) atoms. The summed E-state index contributed by atoms with van der Waals surface area (Å²) in [6.45, 7) is 3.54. The predicted molar refractivity (Wildman–Crippen MR) is 54.2 cm³/mol. The maximum Gasteiger partial charge on any atom is 0.180 e. The number of hydrogen-bond donors (Lipinski definition) is 1. The van der Waals surface area contributed by atoms with Crippen LogP contribution in [0.25, 0.3) is 0 Å². The molecule has 0 bridgehead atoms. The summed E-state index contributed by atoms with van der Waals surface area (Å²) < 4.78 is 15.6. The molecule has 1 saturated heterocycles. The second-order valence-electron chi connectivity index (χ2n) is 3.65. The predicted octanol–water partition coefficient (Wildman–Crippen LogP) is 0.621. The van der Waals surface area contributed by atoms with Crippen LogP contribution in [0.2, 0.25) is 0 Å². The van der Waals surface area contributed by atoms with E-state index in [0.29, 0.717) is 12.5 Å². The molecule has 1 atom stereocenters. The average molecular weight is 203 g/mol. The first-order chi connectivity index (χ1) is 6.86. The highest BCUT2D eigenvalue weighted by molar-refractivity contribution is 4.68. The summed E-state index contributed by atoms with van der Waals surface area (Å²) in [6, 6.07) is 0. The summed E-state index contributed by atoms with van der Waals surface area (Å²) >= 11 is 0. The van der Waals surface area contributed by atoms with Gasteiger partial charge in [0.05, 0.1) is 13.2 Å². The van der Waals surface area contributed by atoms with Crippen LogP contribution in [0.3, 0.4) is 0 Å². The quantitative estimate of drug-likeness (QED) is 0.642. The Morgan fingerprint density at radius 1 is 1.36 bits per heavy atom. The van der Waals surface area contributed by atoms with Gasteiger partial charge in [0.15, 0.2) is 6.29 Å². The molecule has 1 heterocycles. The van der Waals surface area contributed by atoms with Crippen molar-refractivity contribution in [1.82, 2.24) is 5.32 Å². The molecule has 0 aromatic carbocycles. The fourth-order valence-electron chi connectivity index (χ4n) is 1.63. The van der Waals surface area contributed by atoms with E-state index in [1.165, 1.54) is 12.8 Å². The van der Waals surface area contributed by atoms with Gasteiger partial charge < -0.3 is 19.5 Å². The van der Waals surface area contributed by atoms with Crippen LogP contribution in [0.1, 0.15) is 12.8 Å². The number of ether oxygens (including phenoxy) is 3. The second kappa shape index (κ2) is 7.17. The molecule has 1 rings (SSSR count). The highest BCUT2D eigenvalue weighted by atomic mass is 16.7. The van der Waals surface area contributed by atoms with Gasteiger partial charge in [0.25, 0.3) is 0 Å². The van der Waals surface area contributed by atoms with Gasteiger partial charge in [-0.25, -0.2) is 0 Å². The molecule has 0 amide bonds. The molecule has 0 radical (unpaired) electrons. The van der Waals surface area contributed by atoms with Crippen molar-refractivity contribution in [2.45, 2.75) is 19.1 Å². The summed E-state index contributed by atoms with van der Waals surface area (Å²) in [6.07, 6.45) is 2.29. The number of methoxy groups -OCH3 is 2. The van der Waals surface area contributed by atoms with Crippen LogP contribution >= 0.6 is 0 Å². The van der Waals surface area contributed by atoms with Gasteiger partial charge in [0, 0.05) is 20.8 Å². The maximum atomic E-state index is 5.53. The molecule has 1 aliphatic rings. The SMILES string of the molecule is COC(COCC1CCCNC1)OC. The number of nitrogens with one attached hydrogen (secondary N) is 1. The summed E-state index contributed by atoms with van der Waals surface area (Å²) in [4.78, 5) is 0. The summed E-state index contributed by atoms with van der Waals surface area (Å²) in [5, 5.41) is 3.36. The van der Waals surface area contributed by atoms with Gasteiger partial charge in [0.1, 0.15) is 0 Å². The molecular formula is C10H21NO3. The molecule has 0 saturated carbocycles. The summed E-state index contributed by atoms with van der Waals surface area (Å²) in [5.41, 5.74) is 0. The lowest BCUT2D eigenvalue weighted by atomic mass is 10.0. The molecule has 0 aromatic rings. The lowest BCUT2D eigenvalue weighted by Gasteiger charge is -2.23. The summed E-state index contributed by atoms with van der Waals surface area (Å²) in [5.74, 6) is 0.651. The molecule has 1 aliphatic heterocycles. The van der Waals surface area contributed by atoms with E-state index in [1.807, 2.05) is 0 Å². The van der Waals surface area contributed by atoms with Crippen molar-refractivity contribution in [2.24, 2.45) is 5.92 Å². The molecule has 0 aromatic heterocycles. The summed E-state index contributed by atoms with van der Waals surface area (Å²) in [7, 11) is 3.25. The minimum absolute atomic E-state index is 0.230. The average Bonchev–Trinajstić information content (AvgIpc) is 2.26. The highest BCUT2D eigenvalue weighted by Crippen LogP contribution is 2.10. The zero-order valence-corrected chi connectivity index (χ0v) is 9.12. The van der Waals surface area contributed by atoms with E-state index in [-0.39, 0.29) is 6.29 Å². The van der Waals surface area contributed by atoms with Crippen molar-refractivity contribution < 1.29 is 14.2 Å². The van der Waals surface area contributed by atoms with Crippen LogP contribution in [0.5, 0.6) is 0 Å². The smallest absolute Gasteiger partial charge is 0.180 e. The van der Waals surface area contributed by atoms with Crippen LogP contribution in [-0.2, 0) is 14.2 Å². The molecular weight excluding hydrogens is 182 g/mol. The highest BCUT2D eigenvalue weighted by Gasteiger charge is 2.13. The van der Waals surface area contributed by atoms with Gasteiger partial charge in [-0.1, -0.05) is 0 Å². The fourth-order valence-corrected chi connectivity index (χ4v) is 1.63. The van der Waals surface area contributed by atoms with Gasteiger partial charge in [0.2, 0.25) is 0 Å². The zero-order valence-electron chi connectivity index (χ0n) is 9.12. The van der Waals surface area contributed by atoms with Crippen molar-refractivity contribution in [1.29, 1.82) is 0 Å². The lowest BCUT2D eigenvalue weighted by molar-refractivity contribution is -0.143. The first kappa shape index (κ1) is 11.9. The molecule has 0 aliphatic carbocycles. The van der Waals surface area contributed by atoms with Gasteiger partial charge in [-0.15, -0.1) is 0 Å². The van der Waals surface area contributed by atoms with Gasteiger partial charge in [-0.05, 0) is 25.3 Å². The van der Waals surface area contributed by atoms with E-state index in [2.05, 4.69) is 5.32 Å². The van der Waals surface area contributed by atoms with Crippen LogP contribution in [0, 0.1) is 5.92 Å². The fraction of sp³-hybridized carbons (Fsp3) is 1.00. The van der Waals surface area contributed by atoms with E-state index < -0.39 is 0 Å². The largest absolute Gasteiger partial charge is 0.376 e. The Morgan fingerprint density at radius 2 is 2.14 bits per heavy atom. The van der Waals surface area contributed by atoms with Crippen molar-refractivity contribution in [2.75, 3.05) is 40.5 Å². The minimum Gasteiger partial charge on any atom is -0.376 e. The molecule has 0 spiro atoms.